The summed E-state index contributed by atoms with van der Waals surface area (Å²) in [5, 5.41) is 0. The van der Waals surface area contributed by atoms with Gasteiger partial charge in [0.15, 0.2) is 0 Å². The van der Waals surface area contributed by atoms with Crippen LogP contribution in [0, 0.1) is 12.8 Å². The molecule has 4 rings (SSSR count). The minimum atomic E-state index is -4.86. The minimum Gasteiger partial charge on any atom is -0.166 e. The number of aryl methyl sites for hydroxylation is 1. The molecule has 0 atom stereocenters. The van der Waals surface area contributed by atoms with E-state index in [2.05, 4.69) is 0 Å². The average Bonchev–Trinajstić information content (AvgIpc) is 3.12. The molecule has 31 heavy (non-hydrogen) atoms. The van der Waals surface area contributed by atoms with Crippen molar-refractivity contribution in [1.82, 2.24) is 0 Å². The van der Waals surface area contributed by atoms with E-state index in [4.69, 9.17) is 0 Å². The predicted octanol–water partition coefficient (Wildman–Crippen LogP) is 8.61. The van der Waals surface area contributed by atoms with Crippen molar-refractivity contribution < 1.29 is 26.3 Å². The Morgan fingerprint density at radius 2 is 1.45 bits per heavy atom. The smallest absolute Gasteiger partial charge is 0.166 e. The highest BCUT2D eigenvalue weighted by Crippen LogP contribution is 2.43. The van der Waals surface area contributed by atoms with Gasteiger partial charge >= 0.3 is 12.4 Å². The lowest BCUT2D eigenvalue weighted by atomic mass is 9.84. The first kappa shape index (κ1) is 22.0. The van der Waals surface area contributed by atoms with Gasteiger partial charge in [0.1, 0.15) is 0 Å². The van der Waals surface area contributed by atoms with Crippen LogP contribution >= 0.6 is 0 Å². The molecule has 2 aromatic carbocycles. The first-order chi connectivity index (χ1) is 14.5. The Hall–Kier alpha value is -2.24. The zero-order valence-electron chi connectivity index (χ0n) is 17.3. The van der Waals surface area contributed by atoms with Gasteiger partial charge in [-0.3, -0.25) is 0 Å². The summed E-state index contributed by atoms with van der Waals surface area (Å²) in [6, 6.07) is 5.27. The second-order valence-electron chi connectivity index (χ2n) is 8.80. The van der Waals surface area contributed by atoms with Crippen LogP contribution in [-0.4, -0.2) is 0 Å². The topological polar surface area (TPSA) is 0 Å². The average molecular weight is 438 g/mol. The molecule has 0 bridgehead atoms. The molecule has 2 aromatic rings. The number of hydrogen-bond acceptors (Lipinski definition) is 0. The van der Waals surface area contributed by atoms with Crippen LogP contribution < -0.4 is 0 Å². The Kier molecular flexibility index (Phi) is 5.69. The third-order valence-electron chi connectivity index (χ3n) is 6.52. The summed E-state index contributed by atoms with van der Waals surface area (Å²) in [6.07, 6.45) is 0.0254. The molecule has 1 saturated carbocycles. The van der Waals surface area contributed by atoms with E-state index in [-0.39, 0.29) is 11.6 Å². The summed E-state index contributed by atoms with van der Waals surface area (Å²) < 4.78 is 80.0. The van der Waals surface area contributed by atoms with Gasteiger partial charge < -0.3 is 0 Å². The maximum Gasteiger partial charge on any atom is 0.416 e. The lowest BCUT2D eigenvalue weighted by Crippen LogP contribution is -2.11. The third kappa shape index (κ3) is 4.68. The van der Waals surface area contributed by atoms with Crippen LogP contribution in [0.25, 0.3) is 17.2 Å². The van der Waals surface area contributed by atoms with Crippen molar-refractivity contribution in [2.24, 2.45) is 5.92 Å². The minimum absolute atomic E-state index is 0.0476. The van der Waals surface area contributed by atoms with E-state index in [0.717, 1.165) is 41.7 Å². The molecule has 2 aliphatic rings. The highest BCUT2D eigenvalue weighted by molar-refractivity contribution is 5.82. The summed E-state index contributed by atoms with van der Waals surface area (Å²) in [5.41, 5.74) is 1.82. The van der Waals surface area contributed by atoms with Gasteiger partial charge in [0.25, 0.3) is 0 Å². The normalized spacial score (nSPS) is 17.6. The van der Waals surface area contributed by atoms with Gasteiger partial charge in [-0.1, -0.05) is 55.9 Å². The predicted molar refractivity (Wildman–Crippen MR) is 109 cm³/mol. The SMILES string of the molecule is Cc1ccc(-c2cc(C(F)(F)F)cc(C(F)(F)F)c2)c2c1CC(CC1CCCCC1)=C2. The molecule has 0 spiro atoms. The molecular weight excluding hydrogens is 414 g/mol. The van der Waals surface area contributed by atoms with Crippen molar-refractivity contribution in [3.05, 3.63) is 63.7 Å². The molecule has 0 N–H and O–H groups in total. The van der Waals surface area contributed by atoms with Gasteiger partial charge in [-0.05, 0) is 71.7 Å². The van der Waals surface area contributed by atoms with Crippen LogP contribution in [0.5, 0.6) is 0 Å². The van der Waals surface area contributed by atoms with Crippen LogP contribution in [-0.2, 0) is 18.8 Å². The van der Waals surface area contributed by atoms with E-state index in [0.29, 0.717) is 11.5 Å². The van der Waals surface area contributed by atoms with Gasteiger partial charge in [0.05, 0.1) is 11.1 Å². The van der Waals surface area contributed by atoms with Crippen LogP contribution in [0.1, 0.15) is 66.3 Å². The van der Waals surface area contributed by atoms with Crippen LogP contribution in [0.15, 0.2) is 35.9 Å². The molecule has 6 heteroatoms. The van der Waals surface area contributed by atoms with Crippen molar-refractivity contribution in [3.63, 3.8) is 0 Å². The lowest BCUT2D eigenvalue weighted by Gasteiger charge is -2.21. The summed E-state index contributed by atoms with van der Waals surface area (Å²) in [5.74, 6) is 0.614. The third-order valence-corrected chi connectivity index (χ3v) is 6.52. The van der Waals surface area contributed by atoms with E-state index in [1.54, 1.807) is 12.1 Å². The molecule has 1 fully saturated rings. The van der Waals surface area contributed by atoms with E-state index in [9.17, 15) is 26.3 Å². The first-order valence-corrected chi connectivity index (χ1v) is 10.6. The number of alkyl halides is 6. The lowest BCUT2D eigenvalue weighted by molar-refractivity contribution is -0.143. The fraction of sp³-hybridized carbons (Fsp3) is 0.440. The van der Waals surface area contributed by atoms with Crippen molar-refractivity contribution in [2.75, 3.05) is 0 Å². The number of fused-ring (bicyclic) bond motifs is 1. The monoisotopic (exact) mass is 438 g/mol. The van der Waals surface area contributed by atoms with Gasteiger partial charge in [0, 0.05) is 0 Å². The molecule has 0 saturated heterocycles. The number of benzene rings is 2. The maximum atomic E-state index is 13.3. The van der Waals surface area contributed by atoms with E-state index in [1.165, 1.54) is 37.7 Å². The van der Waals surface area contributed by atoms with Crippen LogP contribution in [0.2, 0.25) is 0 Å². The second kappa shape index (κ2) is 8.03. The molecule has 0 aliphatic heterocycles. The molecule has 2 aliphatic carbocycles. The van der Waals surface area contributed by atoms with Gasteiger partial charge in [-0.25, -0.2) is 0 Å². The summed E-state index contributed by atoms with van der Waals surface area (Å²) >= 11 is 0. The summed E-state index contributed by atoms with van der Waals surface area (Å²) in [6.45, 7) is 1.94. The number of halogens is 6. The highest BCUT2D eigenvalue weighted by Gasteiger charge is 2.37. The molecule has 0 radical (unpaired) electrons. The van der Waals surface area contributed by atoms with E-state index in [1.807, 2.05) is 13.0 Å². The molecule has 0 heterocycles. The Bertz CT molecular complexity index is 972. The molecule has 0 nitrogen and oxygen atoms in total. The molecule has 0 unspecified atom stereocenters. The standard InChI is InChI=1S/C25H24F6/c1-15-7-8-21(18-12-19(24(26,27)28)14-20(13-18)25(29,30)31)23-11-17(10-22(15)23)9-16-5-3-2-4-6-16/h7-8,11-14,16H,2-6,9-10H2,1H3. The molecule has 0 amide bonds. The van der Waals surface area contributed by atoms with Crippen molar-refractivity contribution >= 4 is 6.08 Å². The van der Waals surface area contributed by atoms with Crippen molar-refractivity contribution in [3.8, 4) is 11.1 Å². The van der Waals surface area contributed by atoms with E-state index >= 15 is 0 Å². The van der Waals surface area contributed by atoms with Gasteiger partial charge in [0.2, 0.25) is 0 Å². The Morgan fingerprint density at radius 1 is 0.839 bits per heavy atom. The van der Waals surface area contributed by atoms with Crippen molar-refractivity contribution in [2.45, 2.75) is 64.2 Å². The second-order valence-corrected chi connectivity index (χ2v) is 8.80. The number of rotatable bonds is 3. The summed E-state index contributed by atoms with van der Waals surface area (Å²) in [7, 11) is 0. The van der Waals surface area contributed by atoms with Crippen LogP contribution in [0.4, 0.5) is 26.3 Å². The first-order valence-electron chi connectivity index (χ1n) is 10.6. The van der Waals surface area contributed by atoms with Gasteiger partial charge in [-0.2, -0.15) is 26.3 Å². The Labute approximate surface area is 178 Å². The number of allylic oxidation sites excluding steroid dienone is 1. The molecule has 0 aromatic heterocycles. The maximum absolute atomic E-state index is 13.3. The van der Waals surface area contributed by atoms with Gasteiger partial charge in [-0.15, -0.1) is 0 Å². The zero-order chi connectivity index (χ0) is 22.4. The van der Waals surface area contributed by atoms with E-state index < -0.39 is 23.5 Å². The fourth-order valence-corrected chi connectivity index (χ4v) is 4.91. The van der Waals surface area contributed by atoms with Crippen LogP contribution in [0.3, 0.4) is 0 Å². The quantitative estimate of drug-likeness (QED) is 0.421. The number of hydrogen-bond donors (Lipinski definition) is 0. The summed E-state index contributed by atoms with van der Waals surface area (Å²) in [4.78, 5) is 0. The largest absolute Gasteiger partial charge is 0.416 e. The fourth-order valence-electron chi connectivity index (χ4n) is 4.91. The Balaban J connectivity index is 1.77. The Morgan fingerprint density at radius 3 is 2.03 bits per heavy atom. The highest BCUT2D eigenvalue weighted by atomic mass is 19.4. The van der Waals surface area contributed by atoms with Crippen molar-refractivity contribution in [1.29, 1.82) is 0 Å². The zero-order valence-corrected chi connectivity index (χ0v) is 17.3. The molecular formula is C25H24F6. The molecule has 166 valence electrons.